The summed E-state index contributed by atoms with van der Waals surface area (Å²) in [6.07, 6.45) is -0.0198. The van der Waals surface area contributed by atoms with E-state index >= 15 is 0 Å². The van der Waals surface area contributed by atoms with Gasteiger partial charge in [-0.2, -0.15) is 0 Å². The first kappa shape index (κ1) is 12.7. The molecule has 0 spiro atoms. The summed E-state index contributed by atoms with van der Waals surface area (Å²) in [5.41, 5.74) is 0. The fourth-order valence-electron chi connectivity index (χ4n) is 1.29. The van der Waals surface area contributed by atoms with Crippen LogP contribution in [0.15, 0.2) is 0 Å². The topological polar surface area (TPSA) is 41.6 Å². The van der Waals surface area contributed by atoms with Gasteiger partial charge in [-0.1, -0.05) is 0 Å². The molecule has 5 heteroatoms. The number of amides is 1. The largest absolute Gasteiger partial charge is 0.375 e. The number of nitrogens with zero attached hydrogens (tertiary/aromatic N) is 1. The number of hydrogen-bond donors (Lipinski definition) is 1. The lowest BCUT2D eigenvalue weighted by molar-refractivity contribution is -0.136. The van der Waals surface area contributed by atoms with Crippen LogP contribution in [0.25, 0.3) is 0 Å². The Morgan fingerprint density at radius 3 is 2.62 bits per heavy atom. The molecule has 1 heterocycles. The van der Waals surface area contributed by atoms with Crippen molar-refractivity contribution in [1.29, 1.82) is 0 Å². The lowest BCUT2D eigenvalue weighted by Gasteiger charge is -2.30. The Kier molecular flexibility index (Phi) is 5.29. The number of nitrogens with one attached hydrogen (secondary N) is 1. The molecule has 1 N–H and O–H groups in total. The molecule has 0 radical (unpaired) electrons. The van der Waals surface area contributed by atoms with Crippen molar-refractivity contribution >= 4 is 18.3 Å². The molecule has 0 aromatic heterocycles. The quantitative estimate of drug-likeness (QED) is 0.653. The van der Waals surface area contributed by atoms with Crippen molar-refractivity contribution < 1.29 is 9.53 Å². The van der Waals surface area contributed by atoms with E-state index in [1.807, 2.05) is 6.92 Å². The van der Waals surface area contributed by atoms with Crippen molar-refractivity contribution in [3.05, 3.63) is 0 Å². The molecule has 1 aliphatic rings. The van der Waals surface area contributed by atoms with E-state index in [0.717, 1.165) is 6.54 Å². The van der Waals surface area contributed by atoms with Gasteiger partial charge in [0.25, 0.3) is 0 Å². The molecular formula is C8H17ClN2O2. The van der Waals surface area contributed by atoms with E-state index in [0.29, 0.717) is 6.61 Å². The molecule has 1 saturated heterocycles. The third-order valence-corrected chi connectivity index (χ3v) is 2.02. The Hall–Kier alpha value is -0.320. The minimum atomic E-state index is -0.172. The SMILES string of the molecule is CC1OCCNC1C(=O)N(C)C.Cl. The molecule has 1 amide bonds. The second kappa shape index (κ2) is 5.42. The summed E-state index contributed by atoms with van der Waals surface area (Å²) in [7, 11) is 3.51. The zero-order valence-electron chi connectivity index (χ0n) is 8.24. The molecule has 0 aliphatic carbocycles. The highest BCUT2D eigenvalue weighted by atomic mass is 35.5. The first-order valence-corrected chi connectivity index (χ1v) is 4.19. The van der Waals surface area contributed by atoms with E-state index in [2.05, 4.69) is 5.32 Å². The van der Waals surface area contributed by atoms with Crippen molar-refractivity contribution in [3.63, 3.8) is 0 Å². The Bertz CT molecular complexity index is 176. The Balaban J connectivity index is 0.00000144. The van der Waals surface area contributed by atoms with Crippen LogP contribution < -0.4 is 5.32 Å². The van der Waals surface area contributed by atoms with Crippen LogP contribution in [-0.2, 0) is 9.53 Å². The lowest BCUT2D eigenvalue weighted by Crippen LogP contribution is -2.55. The highest BCUT2D eigenvalue weighted by molar-refractivity contribution is 5.85. The van der Waals surface area contributed by atoms with Crippen molar-refractivity contribution in [2.24, 2.45) is 0 Å². The molecule has 2 unspecified atom stereocenters. The lowest BCUT2D eigenvalue weighted by atomic mass is 10.1. The van der Waals surface area contributed by atoms with Gasteiger partial charge in [-0.25, -0.2) is 0 Å². The summed E-state index contributed by atoms with van der Waals surface area (Å²) in [6, 6.07) is -0.172. The second-order valence-electron chi connectivity index (χ2n) is 3.24. The van der Waals surface area contributed by atoms with Gasteiger partial charge >= 0.3 is 0 Å². The van der Waals surface area contributed by atoms with Crippen LogP contribution in [0.5, 0.6) is 0 Å². The molecule has 0 aromatic carbocycles. The van der Waals surface area contributed by atoms with E-state index in [9.17, 15) is 4.79 Å². The van der Waals surface area contributed by atoms with Crippen molar-refractivity contribution in [2.45, 2.75) is 19.1 Å². The van der Waals surface area contributed by atoms with Gasteiger partial charge in [0.1, 0.15) is 6.04 Å². The van der Waals surface area contributed by atoms with E-state index in [1.165, 1.54) is 0 Å². The maximum atomic E-state index is 11.5. The number of rotatable bonds is 1. The average Bonchev–Trinajstić information content (AvgIpc) is 2.04. The summed E-state index contributed by atoms with van der Waals surface area (Å²) in [5, 5.41) is 3.13. The van der Waals surface area contributed by atoms with Crippen LogP contribution in [-0.4, -0.2) is 50.2 Å². The van der Waals surface area contributed by atoms with Gasteiger partial charge in [0, 0.05) is 20.6 Å². The maximum Gasteiger partial charge on any atom is 0.241 e. The molecule has 1 aliphatic heterocycles. The molecule has 1 rings (SSSR count). The predicted molar refractivity (Wildman–Crippen MR) is 53.1 cm³/mol. The van der Waals surface area contributed by atoms with Crippen LogP contribution in [0, 0.1) is 0 Å². The third kappa shape index (κ3) is 3.14. The molecule has 0 saturated carbocycles. The predicted octanol–water partition coefficient (Wildman–Crippen LogP) is -0.127. The maximum absolute atomic E-state index is 11.5. The van der Waals surface area contributed by atoms with Gasteiger partial charge in [-0.05, 0) is 6.92 Å². The summed E-state index contributed by atoms with van der Waals surface area (Å²) in [6.45, 7) is 3.37. The van der Waals surface area contributed by atoms with E-state index in [-0.39, 0.29) is 30.5 Å². The summed E-state index contributed by atoms with van der Waals surface area (Å²) < 4.78 is 5.35. The second-order valence-corrected chi connectivity index (χ2v) is 3.24. The average molecular weight is 209 g/mol. The summed E-state index contributed by atoms with van der Waals surface area (Å²) in [4.78, 5) is 13.1. The Morgan fingerprint density at radius 2 is 2.15 bits per heavy atom. The highest BCUT2D eigenvalue weighted by Crippen LogP contribution is 2.05. The standard InChI is InChI=1S/C8H16N2O2.ClH/c1-6-7(8(11)10(2)3)9-4-5-12-6;/h6-7,9H,4-5H2,1-3H3;1H. The zero-order valence-corrected chi connectivity index (χ0v) is 9.06. The molecule has 1 fully saturated rings. The van der Waals surface area contributed by atoms with Gasteiger partial charge in [-0.3, -0.25) is 4.79 Å². The first-order valence-electron chi connectivity index (χ1n) is 4.19. The molecule has 78 valence electrons. The minimum absolute atomic E-state index is 0. The highest BCUT2D eigenvalue weighted by Gasteiger charge is 2.28. The van der Waals surface area contributed by atoms with E-state index in [1.54, 1.807) is 19.0 Å². The zero-order chi connectivity index (χ0) is 9.14. The minimum Gasteiger partial charge on any atom is -0.375 e. The van der Waals surface area contributed by atoms with Gasteiger partial charge < -0.3 is 15.0 Å². The number of carbonyl (C=O) groups excluding carboxylic acids is 1. The van der Waals surface area contributed by atoms with Crippen molar-refractivity contribution in [2.75, 3.05) is 27.2 Å². The number of hydrogen-bond acceptors (Lipinski definition) is 3. The number of halogens is 1. The monoisotopic (exact) mass is 208 g/mol. The summed E-state index contributed by atoms with van der Waals surface area (Å²) >= 11 is 0. The van der Waals surface area contributed by atoms with Gasteiger partial charge in [0.2, 0.25) is 5.91 Å². The smallest absolute Gasteiger partial charge is 0.241 e. The molecule has 0 bridgehead atoms. The molecule has 0 aromatic rings. The van der Waals surface area contributed by atoms with Crippen molar-refractivity contribution in [1.82, 2.24) is 10.2 Å². The van der Waals surface area contributed by atoms with E-state index in [4.69, 9.17) is 4.74 Å². The summed E-state index contributed by atoms with van der Waals surface area (Å²) in [5.74, 6) is 0.0854. The Morgan fingerprint density at radius 1 is 1.54 bits per heavy atom. The van der Waals surface area contributed by atoms with Gasteiger partial charge in [-0.15, -0.1) is 12.4 Å². The normalized spacial score (nSPS) is 27.6. The van der Waals surface area contributed by atoms with Crippen LogP contribution in [0.2, 0.25) is 0 Å². The van der Waals surface area contributed by atoms with Crippen LogP contribution >= 0.6 is 12.4 Å². The van der Waals surface area contributed by atoms with Crippen LogP contribution in [0.1, 0.15) is 6.92 Å². The van der Waals surface area contributed by atoms with Crippen LogP contribution in [0.3, 0.4) is 0 Å². The number of likely N-dealkylation sites (N-methyl/N-ethyl adjacent to an activating group) is 1. The third-order valence-electron chi connectivity index (χ3n) is 2.02. The fourth-order valence-corrected chi connectivity index (χ4v) is 1.29. The van der Waals surface area contributed by atoms with E-state index < -0.39 is 0 Å². The number of morpholine rings is 1. The van der Waals surface area contributed by atoms with Gasteiger partial charge in [0.05, 0.1) is 12.7 Å². The number of ether oxygens (including phenoxy) is 1. The first-order chi connectivity index (χ1) is 5.63. The fraction of sp³-hybridized carbons (Fsp3) is 0.875. The molecule has 13 heavy (non-hydrogen) atoms. The Labute approximate surface area is 85.0 Å². The molecular weight excluding hydrogens is 192 g/mol. The van der Waals surface area contributed by atoms with Gasteiger partial charge in [0.15, 0.2) is 0 Å². The number of carbonyl (C=O) groups is 1. The molecule has 2 atom stereocenters. The van der Waals surface area contributed by atoms with Crippen molar-refractivity contribution in [3.8, 4) is 0 Å². The van der Waals surface area contributed by atoms with Crippen LogP contribution in [0.4, 0.5) is 0 Å². The molecule has 4 nitrogen and oxygen atoms in total.